The summed E-state index contributed by atoms with van der Waals surface area (Å²) >= 11 is 0. The number of piperidine rings is 2. The van der Waals surface area contributed by atoms with Crippen LogP contribution in [0.4, 0.5) is 5.69 Å². The van der Waals surface area contributed by atoms with Crippen molar-refractivity contribution >= 4 is 11.4 Å². The second kappa shape index (κ2) is 4.12. The average Bonchev–Trinajstić information content (AvgIpc) is 2.90. The van der Waals surface area contributed by atoms with Gasteiger partial charge in [0.25, 0.3) is 0 Å². The van der Waals surface area contributed by atoms with E-state index in [2.05, 4.69) is 36.2 Å². The molecule has 24 heavy (non-hydrogen) atoms. The summed E-state index contributed by atoms with van der Waals surface area (Å²) < 4.78 is 6.31. The Hall–Kier alpha value is -1.23. The van der Waals surface area contributed by atoms with E-state index in [9.17, 15) is 5.11 Å². The Morgan fingerprint density at radius 1 is 1.38 bits per heavy atom. The fourth-order valence-electron chi connectivity index (χ4n) is 7.36. The maximum atomic E-state index is 11.1. The minimum Gasteiger partial charge on any atom is -0.393 e. The van der Waals surface area contributed by atoms with E-state index >= 15 is 0 Å². The molecule has 1 aromatic carbocycles. The first-order valence-electron chi connectivity index (χ1n) is 9.28. The third-order valence-corrected chi connectivity index (χ3v) is 8.11. The SMILES string of the molecule is C[C@H](O)[C@@]12CN(C)[C@H]3C[C@@]14C(=Nc1ccccc14)[C@@H]1C[C@H]2[C@H]3CO1. The van der Waals surface area contributed by atoms with Crippen LogP contribution in [0.25, 0.3) is 0 Å². The van der Waals surface area contributed by atoms with Crippen molar-refractivity contribution in [1.29, 1.82) is 0 Å². The van der Waals surface area contributed by atoms with Crippen LogP contribution in [0.3, 0.4) is 0 Å². The molecule has 1 aromatic rings. The third kappa shape index (κ3) is 1.21. The summed E-state index contributed by atoms with van der Waals surface area (Å²) in [6.07, 6.45) is 1.93. The zero-order valence-electron chi connectivity index (χ0n) is 14.3. The third-order valence-electron chi connectivity index (χ3n) is 8.11. The number of hydrogen-bond donors (Lipinski definition) is 1. The van der Waals surface area contributed by atoms with E-state index < -0.39 is 0 Å². The highest BCUT2D eigenvalue weighted by molar-refractivity contribution is 6.07. The number of aliphatic hydroxyl groups excluding tert-OH is 1. The summed E-state index contributed by atoms with van der Waals surface area (Å²) in [6, 6.07) is 9.14. The van der Waals surface area contributed by atoms with E-state index in [4.69, 9.17) is 9.73 Å². The molecule has 7 atom stereocenters. The zero-order chi connectivity index (χ0) is 16.3. The molecular weight excluding hydrogens is 300 g/mol. The maximum absolute atomic E-state index is 11.1. The molecule has 4 heterocycles. The van der Waals surface area contributed by atoms with Gasteiger partial charge in [0.05, 0.1) is 30.2 Å². The highest BCUT2D eigenvalue weighted by Crippen LogP contribution is 2.71. The van der Waals surface area contributed by atoms with Crippen LogP contribution < -0.4 is 0 Å². The van der Waals surface area contributed by atoms with Gasteiger partial charge in [0, 0.05) is 29.3 Å². The molecule has 2 aliphatic carbocycles. The summed E-state index contributed by atoms with van der Waals surface area (Å²) in [5, 5.41) is 11.1. The van der Waals surface area contributed by atoms with Gasteiger partial charge >= 0.3 is 0 Å². The number of aliphatic hydroxyl groups is 1. The summed E-state index contributed by atoms with van der Waals surface area (Å²) in [5.74, 6) is 1.09. The van der Waals surface area contributed by atoms with Crippen molar-refractivity contribution in [2.75, 3.05) is 20.2 Å². The number of rotatable bonds is 1. The Labute approximate surface area is 142 Å². The van der Waals surface area contributed by atoms with E-state index in [-0.39, 0.29) is 23.0 Å². The maximum Gasteiger partial charge on any atom is 0.0968 e. The van der Waals surface area contributed by atoms with Crippen LogP contribution in [-0.2, 0) is 10.2 Å². The van der Waals surface area contributed by atoms with Gasteiger partial charge in [-0.3, -0.25) is 4.99 Å². The predicted octanol–water partition coefficient (Wildman–Crippen LogP) is 2.13. The first-order valence-corrected chi connectivity index (χ1v) is 9.28. The van der Waals surface area contributed by atoms with Crippen LogP contribution in [0, 0.1) is 17.3 Å². The quantitative estimate of drug-likeness (QED) is 0.861. The molecule has 0 aromatic heterocycles. The summed E-state index contributed by atoms with van der Waals surface area (Å²) in [6.45, 7) is 3.81. The normalized spacial score (nSPS) is 48.9. The Kier molecular flexibility index (Phi) is 2.40. The molecular formula is C20H24N2O2. The van der Waals surface area contributed by atoms with Gasteiger partial charge in [-0.2, -0.15) is 0 Å². The summed E-state index contributed by atoms with van der Waals surface area (Å²) in [7, 11) is 2.23. The topological polar surface area (TPSA) is 45.1 Å². The summed E-state index contributed by atoms with van der Waals surface area (Å²) in [5.41, 5.74) is 3.41. The number of fused-ring (bicyclic) bond motifs is 4. The lowest BCUT2D eigenvalue weighted by atomic mass is 9.36. The fourth-order valence-corrected chi connectivity index (χ4v) is 7.36. The highest BCUT2D eigenvalue weighted by atomic mass is 16.5. The van der Waals surface area contributed by atoms with Crippen LogP contribution in [0.1, 0.15) is 25.3 Å². The van der Waals surface area contributed by atoms with Gasteiger partial charge in [0.1, 0.15) is 0 Å². The van der Waals surface area contributed by atoms with Crippen molar-refractivity contribution in [3.8, 4) is 0 Å². The predicted molar refractivity (Wildman–Crippen MR) is 91.7 cm³/mol. The zero-order valence-corrected chi connectivity index (χ0v) is 14.3. The van der Waals surface area contributed by atoms with Crippen molar-refractivity contribution in [2.45, 2.75) is 43.4 Å². The monoisotopic (exact) mass is 324 g/mol. The van der Waals surface area contributed by atoms with Crippen molar-refractivity contribution in [1.82, 2.24) is 4.90 Å². The van der Waals surface area contributed by atoms with Gasteiger partial charge < -0.3 is 14.7 Å². The molecule has 6 aliphatic rings. The lowest BCUT2D eigenvalue weighted by Gasteiger charge is -2.73. The fraction of sp³-hybridized carbons (Fsp3) is 0.650. The van der Waals surface area contributed by atoms with Gasteiger partial charge in [-0.15, -0.1) is 0 Å². The second-order valence-electron chi connectivity index (χ2n) is 8.65. The molecule has 4 aliphatic heterocycles. The van der Waals surface area contributed by atoms with Crippen LogP contribution >= 0.6 is 0 Å². The lowest BCUT2D eigenvalue weighted by molar-refractivity contribution is -0.238. The molecule has 4 heteroatoms. The van der Waals surface area contributed by atoms with Gasteiger partial charge in [0.2, 0.25) is 0 Å². The number of nitrogens with zero attached hydrogens (tertiary/aromatic N) is 2. The van der Waals surface area contributed by atoms with E-state index in [1.54, 1.807) is 0 Å². The first-order chi connectivity index (χ1) is 11.6. The molecule has 5 bridgehead atoms. The number of para-hydroxylation sites is 1. The molecule has 2 saturated carbocycles. The van der Waals surface area contributed by atoms with Crippen LogP contribution in [0.15, 0.2) is 29.3 Å². The standard InChI is InChI=1S/C20H24N2O2/c1-11(23)20-10-22(2)16-8-19(20)13-5-3-4-6-15(13)21-18(19)17-7-14(20)12(16)9-24-17/h3-6,11-12,14,16-17,23H,7-10H2,1-2H3/t11-,12+,14-,16-,17-,19+,20+/m0/s1. The van der Waals surface area contributed by atoms with Crippen molar-refractivity contribution < 1.29 is 9.84 Å². The van der Waals surface area contributed by atoms with Crippen LogP contribution in [0.2, 0.25) is 0 Å². The number of benzene rings is 1. The number of ether oxygens (including phenoxy) is 1. The van der Waals surface area contributed by atoms with Crippen molar-refractivity contribution in [3.63, 3.8) is 0 Å². The molecule has 3 saturated heterocycles. The van der Waals surface area contributed by atoms with E-state index in [0.717, 1.165) is 31.7 Å². The van der Waals surface area contributed by atoms with Crippen molar-refractivity contribution in [2.24, 2.45) is 22.2 Å². The number of aliphatic imine (C=N–C) groups is 1. The molecule has 0 unspecified atom stereocenters. The number of hydrogen-bond acceptors (Lipinski definition) is 4. The average molecular weight is 324 g/mol. The van der Waals surface area contributed by atoms with E-state index in [0.29, 0.717) is 17.9 Å². The molecule has 126 valence electrons. The Morgan fingerprint density at radius 2 is 2.21 bits per heavy atom. The smallest absolute Gasteiger partial charge is 0.0968 e. The molecule has 0 amide bonds. The molecule has 1 N–H and O–H groups in total. The van der Waals surface area contributed by atoms with Crippen LogP contribution in [0.5, 0.6) is 0 Å². The van der Waals surface area contributed by atoms with Crippen LogP contribution in [-0.4, -0.2) is 54.2 Å². The summed E-state index contributed by atoms with van der Waals surface area (Å²) in [4.78, 5) is 7.59. The van der Waals surface area contributed by atoms with E-state index in [1.165, 1.54) is 11.3 Å². The van der Waals surface area contributed by atoms with Gasteiger partial charge in [-0.25, -0.2) is 0 Å². The highest BCUT2D eigenvalue weighted by Gasteiger charge is 2.76. The van der Waals surface area contributed by atoms with Gasteiger partial charge in [-0.1, -0.05) is 18.2 Å². The Balaban J connectivity index is 1.71. The first kappa shape index (κ1) is 14.0. The minimum atomic E-state index is -0.343. The molecule has 7 rings (SSSR count). The van der Waals surface area contributed by atoms with E-state index in [1.807, 2.05) is 6.92 Å². The largest absolute Gasteiger partial charge is 0.393 e. The Bertz CT molecular complexity index is 775. The molecule has 1 spiro atoms. The lowest BCUT2D eigenvalue weighted by Crippen LogP contribution is -2.81. The molecule has 5 fully saturated rings. The van der Waals surface area contributed by atoms with Gasteiger partial charge in [-0.05, 0) is 44.4 Å². The molecule has 4 nitrogen and oxygen atoms in total. The molecule has 0 radical (unpaired) electrons. The van der Waals surface area contributed by atoms with Crippen molar-refractivity contribution in [3.05, 3.63) is 29.8 Å². The minimum absolute atomic E-state index is 0.126. The van der Waals surface area contributed by atoms with Gasteiger partial charge in [0.15, 0.2) is 0 Å². The second-order valence-corrected chi connectivity index (χ2v) is 8.65. The Morgan fingerprint density at radius 3 is 3.04 bits per heavy atom.